The Morgan fingerprint density at radius 2 is 2.21 bits per heavy atom. The van der Waals surface area contributed by atoms with E-state index in [-0.39, 0.29) is 11.7 Å². The fourth-order valence-electron chi connectivity index (χ4n) is 1.57. The molecule has 1 rings (SSSR count). The number of nitriles is 1. The molecule has 0 aliphatic rings. The first kappa shape index (κ1) is 19.6. The molecule has 0 aliphatic heterocycles. The Kier molecular flexibility index (Phi) is 6.87. The van der Waals surface area contributed by atoms with E-state index in [0.29, 0.717) is 0 Å². The Balaban J connectivity index is 3.32. The number of nitrogens with zero attached hydrogens (tertiary/aromatic N) is 3. The SMILES string of the molecule is CCOC(=O)C(C#N)C(=NS(=O)(=O)c1cccc([N+](=O)[O-])c1)SC. The first-order valence-electron chi connectivity index (χ1n) is 6.46. The number of rotatable bonds is 6. The molecule has 1 atom stereocenters. The third kappa shape index (κ3) is 4.77. The van der Waals surface area contributed by atoms with Crippen molar-refractivity contribution in [3.63, 3.8) is 0 Å². The van der Waals surface area contributed by atoms with Crippen molar-refractivity contribution in [1.82, 2.24) is 0 Å². The highest BCUT2D eigenvalue weighted by Crippen LogP contribution is 2.22. The fourth-order valence-corrected chi connectivity index (χ4v) is 3.52. The molecule has 1 aromatic rings. The molecule has 11 heteroatoms. The van der Waals surface area contributed by atoms with Crippen LogP contribution in [0.3, 0.4) is 0 Å². The van der Waals surface area contributed by atoms with Crippen LogP contribution in [0.4, 0.5) is 5.69 Å². The Labute approximate surface area is 142 Å². The molecule has 0 saturated heterocycles. The van der Waals surface area contributed by atoms with Crippen LogP contribution in [0.2, 0.25) is 0 Å². The van der Waals surface area contributed by atoms with Gasteiger partial charge < -0.3 is 4.74 Å². The van der Waals surface area contributed by atoms with Gasteiger partial charge in [0.2, 0.25) is 0 Å². The van der Waals surface area contributed by atoms with E-state index in [2.05, 4.69) is 4.40 Å². The van der Waals surface area contributed by atoms with Gasteiger partial charge in [-0.15, -0.1) is 11.8 Å². The van der Waals surface area contributed by atoms with Gasteiger partial charge in [0.05, 0.1) is 22.5 Å². The normalized spacial score (nSPS) is 13.0. The van der Waals surface area contributed by atoms with Crippen LogP contribution in [0.1, 0.15) is 6.92 Å². The maximum Gasteiger partial charge on any atom is 0.330 e. The number of nitro groups is 1. The van der Waals surface area contributed by atoms with Gasteiger partial charge in [0.1, 0.15) is 5.04 Å². The van der Waals surface area contributed by atoms with Crippen molar-refractivity contribution in [1.29, 1.82) is 5.26 Å². The van der Waals surface area contributed by atoms with E-state index in [1.165, 1.54) is 12.3 Å². The van der Waals surface area contributed by atoms with Crippen LogP contribution in [0.5, 0.6) is 0 Å². The molecule has 0 saturated carbocycles. The van der Waals surface area contributed by atoms with E-state index >= 15 is 0 Å². The number of sulfonamides is 1. The van der Waals surface area contributed by atoms with Gasteiger partial charge in [-0.3, -0.25) is 14.9 Å². The van der Waals surface area contributed by atoms with E-state index in [9.17, 15) is 23.3 Å². The van der Waals surface area contributed by atoms with E-state index in [4.69, 9.17) is 10.00 Å². The summed E-state index contributed by atoms with van der Waals surface area (Å²) >= 11 is 0.802. The van der Waals surface area contributed by atoms with Crippen molar-refractivity contribution >= 4 is 38.5 Å². The molecule has 0 bridgehead atoms. The lowest BCUT2D eigenvalue weighted by atomic mass is 10.2. The molecule has 0 amide bonds. The standard InChI is InChI=1S/C13H13N3O6S2/c1-3-22-13(17)11(8-14)12(23-2)15-24(20,21)10-6-4-5-9(7-10)16(18)19/h4-7,11H,3H2,1-2H3. The molecule has 128 valence electrons. The maximum absolute atomic E-state index is 12.3. The van der Waals surface area contributed by atoms with E-state index in [1.807, 2.05) is 0 Å². The smallest absolute Gasteiger partial charge is 0.330 e. The van der Waals surface area contributed by atoms with Crippen LogP contribution in [0.15, 0.2) is 33.6 Å². The van der Waals surface area contributed by atoms with Gasteiger partial charge in [-0.2, -0.15) is 18.1 Å². The maximum atomic E-state index is 12.3. The molecule has 24 heavy (non-hydrogen) atoms. The van der Waals surface area contributed by atoms with E-state index in [0.717, 1.165) is 30.0 Å². The van der Waals surface area contributed by atoms with Gasteiger partial charge in [-0.25, -0.2) is 0 Å². The molecular weight excluding hydrogens is 358 g/mol. The third-order valence-electron chi connectivity index (χ3n) is 2.64. The number of esters is 1. The first-order valence-corrected chi connectivity index (χ1v) is 9.12. The second-order valence-electron chi connectivity index (χ2n) is 4.18. The molecule has 0 aromatic heterocycles. The Hall–Kier alpha value is -2.45. The van der Waals surface area contributed by atoms with Crippen molar-refractivity contribution in [3.8, 4) is 6.07 Å². The lowest BCUT2D eigenvalue weighted by Gasteiger charge is -2.09. The predicted octanol–water partition coefficient (Wildman–Crippen LogP) is 1.75. The lowest BCUT2D eigenvalue weighted by molar-refractivity contribution is -0.385. The summed E-state index contributed by atoms with van der Waals surface area (Å²) in [5.41, 5.74) is -0.417. The number of hydrogen-bond donors (Lipinski definition) is 0. The van der Waals surface area contributed by atoms with Gasteiger partial charge in [-0.1, -0.05) is 6.07 Å². The van der Waals surface area contributed by atoms with Crippen molar-refractivity contribution in [2.75, 3.05) is 12.9 Å². The second kappa shape index (κ2) is 8.42. The molecular formula is C13H13N3O6S2. The number of carbonyl (C=O) groups excluding carboxylic acids is 1. The number of thioether (sulfide) groups is 1. The van der Waals surface area contributed by atoms with Gasteiger partial charge >= 0.3 is 5.97 Å². The number of non-ortho nitro benzene ring substituents is 1. The number of carbonyl (C=O) groups is 1. The highest BCUT2D eigenvalue weighted by Gasteiger charge is 2.28. The second-order valence-corrected chi connectivity index (χ2v) is 6.61. The van der Waals surface area contributed by atoms with Crippen molar-refractivity contribution in [2.24, 2.45) is 10.3 Å². The molecule has 1 unspecified atom stereocenters. The summed E-state index contributed by atoms with van der Waals surface area (Å²) in [6.45, 7) is 1.57. The molecule has 0 N–H and O–H groups in total. The van der Waals surface area contributed by atoms with E-state index in [1.54, 1.807) is 13.0 Å². The Bertz CT molecular complexity index is 813. The average molecular weight is 371 g/mol. The summed E-state index contributed by atoms with van der Waals surface area (Å²) in [5.74, 6) is -2.41. The fraction of sp³-hybridized carbons (Fsp3) is 0.308. The number of benzene rings is 1. The molecule has 0 fully saturated rings. The van der Waals surface area contributed by atoms with Gasteiger partial charge in [0.25, 0.3) is 15.7 Å². The van der Waals surface area contributed by atoms with Crippen LogP contribution in [0, 0.1) is 27.4 Å². The minimum absolute atomic E-state index is 0.0241. The van der Waals surface area contributed by atoms with Crippen molar-refractivity contribution in [2.45, 2.75) is 11.8 Å². The zero-order valence-corrected chi connectivity index (χ0v) is 14.3. The summed E-state index contributed by atoms with van der Waals surface area (Å²) in [5, 5.41) is 19.5. The predicted molar refractivity (Wildman–Crippen MR) is 87.0 cm³/mol. The molecule has 0 aliphatic carbocycles. The number of nitro benzene ring substituents is 1. The van der Waals surface area contributed by atoms with Gasteiger partial charge in [0.15, 0.2) is 5.92 Å². The van der Waals surface area contributed by atoms with Crippen LogP contribution in [-0.2, 0) is 19.6 Å². The monoisotopic (exact) mass is 371 g/mol. The summed E-state index contributed by atoms with van der Waals surface area (Å²) in [4.78, 5) is 21.3. The third-order valence-corrected chi connectivity index (χ3v) is 4.79. The minimum Gasteiger partial charge on any atom is -0.465 e. The molecule has 0 heterocycles. The summed E-state index contributed by atoms with van der Waals surface area (Å²) in [6.07, 6.45) is 1.45. The molecule has 9 nitrogen and oxygen atoms in total. The number of hydrogen-bond acceptors (Lipinski definition) is 8. The van der Waals surface area contributed by atoms with Crippen LogP contribution < -0.4 is 0 Å². The summed E-state index contributed by atoms with van der Waals surface area (Å²) in [6, 6.07) is 5.96. The topological polar surface area (TPSA) is 140 Å². The van der Waals surface area contributed by atoms with Crippen LogP contribution >= 0.6 is 11.8 Å². The number of ether oxygens (including phenoxy) is 1. The average Bonchev–Trinajstić information content (AvgIpc) is 2.54. The van der Waals surface area contributed by atoms with Crippen molar-refractivity contribution < 1.29 is 22.9 Å². The van der Waals surface area contributed by atoms with Crippen molar-refractivity contribution in [3.05, 3.63) is 34.4 Å². The highest BCUT2D eigenvalue weighted by molar-refractivity contribution is 8.14. The lowest BCUT2D eigenvalue weighted by Crippen LogP contribution is -2.23. The van der Waals surface area contributed by atoms with Crippen LogP contribution in [-0.4, -0.2) is 37.2 Å². The summed E-state index contributed by atoms with van der Waals surface area (Å²) in [7, 11) is -4.33. The Morgan fingerprint density at radius 3 is 2.71 bits per heavy atom. The van der Waals surface area contributed by atoms with E-state index < -0.39 is 37.4 Å². The zero-order chi connectivity index (χ0) is 18.3. The summed E-state index contributed by atoms with van der Waals surface area (Å²) < 4.78 is 32.8. The highest BCUT2D eigenvalue weighted by atomic mass is 32.2. The quantitative estimate of drug-likeness (QED) is 0.242. The largest absolute Gasteiger partial charge is 0.465 e. The first-order chi connectivity index (χ1) is 11.3. The molecule has 0 spiro atoms. The Morgan fingerprint density at radius 1 is 1.54 bits per heavy atom. The zero-order valence-electron chi connectivity index (χ0n) is 12.7. The minimum atomic E-state index is -4.33. The van der Waals surface area contributed by atoms with Gasteiger partial charge in [0, 0.05) is 12.1 Å². The van der Waals surface area contributed by atoms with Gasteiger partial charge in [-0.05, 0) is 19.2 Å². The molecule has 0 radical (unpaired) electrons. The van der Waals surface area contributed by atoms with Crippen LogP contribution in [0.25, 0.3) is 0 Å². The molecule has 1 aromatic carbocycles.